The van der Waals surface area contributed by atoms with E-state index in [1.54, 1.807) is 0 Å². The average molecular weight is 255 g/mol. The lowest BCUT2D eigenvalue weighted by molar-refractivity contribution is 0.364. The summed E-state index contributed by atoms with van der Waals surface area (Å²) in [5, 5.41) is 3.74. The molecule has 7 heteroatoms. The lowest BCUT2D eigenvalue weighted by Crippen LogP contribution is -2.21. The Kier molecular flexibility index (Phi) is 3.53. The molecule has 0 amide bonds. The molecule has 0 fully saturated rings. The van der Waals surface area contributed by atoms with Crippen molar-refractivity contribution in [2.75, 3.05) is 0 Å². The highest BCUT2D eigenvalue weighted by Crippen LogP contribution is 2.02. The van der Waals surface area contributed by atoms with Crippen LogP contribution >= 0.6 is 11.6 Å². The topological polar surface area (TPSA) is 73.8 Å². The van der Waals surface area contributed by atoms with Crippen LogP contribution in [0.25, 0.3) is 0 Å². The van der Waals surface area contributed by atoms with Gasteiger partial charge < -0.3 is 9.09 Å². The van der Waals surface area contributed by atoms with Crippen molar-refractivity contribution in [2.45, 2.75) is 26.3 Å². The third-order valence-electron chi connectivity index (χ3n) is 2.16. The van der Waals surface area contributed by atoms with Gasteiger partial charge in [0.1, 0.15) is 6.54 Å². The van der Waals surface area contributed by atoms with Crippen LogP contribution in [-0.2, 0) is 13.0 Å². The molecule has 0 saturated heterocycles. The van der Waals surface area contributed by atoms with Crippen molar-refractivity contribution in [1.29, 1.82) is 0 Å². The molecule has 0 atom stereocenters. The maximum atomic E-state index is 11.6. The van der Waals surface area contributed by atoms with Crippen LogP contribution in [0, 0.1) is 0 Å². The van der Waals surface area contributed by atoms with E-state index in [-0.39, 0.29) is 17.3 Å². The zero-order valence-corrected chi connectivity index (χ0v) is 10.0. The van der Waals surface area contributed by atoms with Crippen molar-refractivity contribution in [1.82, 2.24) is 19.7 Å². The van der Waals surface area contributed by atoms with Gasteiger partial charge in [0.2, 0.25) is 5.89 Å². The fraction of sp³-hybridized carbons (Fsp3) is 0.400. The zero-order chi connectivity index (χ0) is 12.3. The Morgan fingerprint density at radius 3 is 3.12 bits per heavy atom. The van der Waals surface area contributed by atoms with Crippen molar-refractivity contribution >= 4 is 11.6 Å². The van der Waals surface area contributed by atoms with E-state index < -0.39 is 0 Å². The van der Waals surface area contributed by atoms with Crippen molar-refractivity contribution in [3.8, 4) is 0 Å². The normalized spacial score (nSPS) is 10.7. The molecule has 0 bridgehead atoms. The number of aromatic nitrogens is 4. The Balaban J connectivity index is 2.19. The first-order valence-corrected chi connectivity index (χ1v) is 5.61. The van der Waals surface area contributed by atoms with Crippen molar-refractivity contribution in [3.05, 3.63) is 39.6 Å². The van der Waals surface area contributed by atoms with Crippen LogP contribution in [0.3, 0.4) is 0 Å². The first-order chi connectivity index (χ1) is 8.20. The maximum Gasteiger partial charge on any atom is 0.288 e. The van der Waals surface area contributed by atoms with E-state index in [9.17, 15) is 4.79 Å². The van der Waals surface area contributed by atoms with Gasteiger partial charge in [0.05, 0.1) is 0 Å². The van der Waals surface area contributed by atoms with E-state index in [1.807, 2.05) is 6.92 Å². The summed E-state index contributed by atoms with van der Waals surface area (Å²) in [7, 11) is 0. The molecule has 2 heterocycles. The Morgan fingerprint density at radius 1 is 1.53 bits per heavy atom. The van der Waals surface area contributed by atoms with Crippen LogP contribution in [0.1, 0.15) is 25.1 Å². The quantitative estimate of drug-likeness (QED) is 0.822. The fourth-order valence-corrected chi connectivity index (χ4v) is 1.54. The van der Waals surface area contributed by atoms with Crippen molar-refractivity contribution in [2.24, 2.45) is 0 Å². The van der Waals surface area contributed by atoms with Crippen molar-refractivity contribution in [3.63, 3.8) is 0 Å². The highest BCUT2D eigenvalue weighted by molar-refractivity contribution is 6.29. The molecule has 0 spiro atoms. The van der Waals surface area contributed by atoms with Crippen LogP contribution < -0.4 is 5.56 Å². The minimum absolute atomic E-state index is 0.0687. The lowest BCUT2D eigenvalue weighted by Gasteiger charge is -2.00. The summed E-state index contributed by atoms with van der Waals surface area (Å²) in [6, 6.07) is 0. The van der Waals surface area contributed by atoms with E-state index in [0.29, 0.717) is 11.7 Å². The predicted molar refractivity (Wildman–Crippen MR) is 60.9 cm³/mol. The summed E-state index contributed by atoms with van der Waals surface area (Å²) in [5.41, 5.74) is -0.371. The van der Waals surface area contributed by atoms with Gasteiger partial charge in [0.25, 0.3) is 5.56 Å². The highest BCUT2D eigenvalue weighted by Gasteiger charge is 2.08. The molecule has 0 aliphatic carbocycles. The average Bonchev–Trinajstić information content (AvgIpc) is 2.73. The van der Waals surface area contributed by atoms with Crippen LogP contribution in [0.4, 0.5) is 0 Å². The summed E-state index contributed by atoms with van der Waals surface area (Å²) in [4.78, 5) is 19.4. The SMILES string of the molecule is CCCc1noc(Cn2ccnc(Cl)c2=O)n1. The first-order valence-electron chi connectivity index (χ1n) is 5.23. The van der Waals surface area contributed by atoms with E-state index in [1.165, 1.54) is 17.0 Å². The van der Waals surface area contributed by atoms with E-state index in [2.05, 4.69) is 15.1 Å². The van der Waals surface area contributed by atoms with E-state index in [0.717, 1.165) is 12.8 Å². The third-order valence-corrected chi connectivity index (χ3v) is 2.42. The highest BCUT2D eigenvalue weighted by atomic mass is 35.5. The molecule has 0 N–H and O–H groups in total. The predicted octanol–water partition coefficient (Wildman–Crippen LogP) is 1.28. The van der Waals surface area contributed by atoms with Gasteiger partial charge in [0, 0.05) is 18.8 Å². The smallest absolute Gasteiger partial charge is 0.288 e. The summed E-state index contributed by atoms with van der Waals surface area (Å²) in [6.45, 7) is 2.24. The molecular weight excluding hydrogens is 244 g/mol. The summed E-state index contributed by atoms with van der Waals surface area (Å²) in [5.74, 6) is 1.04. The molecule has 0 saturated carbocycles. The third kappa shape index (κ3) is 2.71. The molecule has 0 aliphatic heterocycles. The van der Waals surface area contributed by atoms with E-state index >= 15 is 0 Å². The molecule has 0 radical (unpaired) electrons. The lowest BCUT2D eigenvalue weighted by atomic mass is 10.3. The maximum absolute atomic E-state index is 11.6. The number of hydrogen-bond donors (Lipinski definition) is 0. The van der Waals surface area contributed by atoms with Gasteiger partial charge in [-0.05, 0) is 6.42 Å². The van der Waals surface area contributed by atoms with Gasteiger partial charge in [-0.2, -0.15) is 4.98 Å². The second-order valence-corrected chi connectivity index (χ2v) is 3.86. The molecule has 0 unspecified atom stereocenters. The summed E-state index contributed by atoms with van der Waals surface area (Å²) < 4.78 is 6.41. The number of halogens is 1. The largest absolute Gasteiger partial charge is 0.337 e. The molecule has 2 aromatic rings. The minimum Gasteiger partial charge on any atom is -0.337 e. The summed E-state index contributed by atoms with van der Waals surface area (Å²) >= 11 is 5.62. The van der Waals surface area contributed by atoms with Crippen LogP contribution in [0.15, 0.2) is 21.7 Å². The van der Waals surface area contributed by atoms with E-state index in [4.69, 9.17) is 16.1 Å². The minimum atomic E-state index is -0.371. The monoisotopic (exact) mass is 254 g/mol. The number of aryl methyl sites for hydroxylation is 1. The molecule has 2 rings (SSSR count). The Labute approximate surface area is 102 Å². The molecule has 0 aliphatic rings. The zero-order valence-electron chi connectivity index (χ0n) is 9.26. The van der Waals surface area contributed by atoms with Gasteiger partial charge in [0.15, 0.2) is 11.0 Å². The number of hydrogen-bond acceptors (Lipinski definition) is 5. The molecule has 0 aromatic carbocycles. The Hall–Kier alpha value is -1.69. The Morgan fingerprint density at radius 2 is 2.35 bits per heavy atom. The van der Waals surface area contributed by atoms with Gasteiger partial charge in [-0.15, -0.1) is 0 Å². The fourth-order valence-electron chi connectivity index (χ4n) is 1.37. The second kappa shape index (κ2) is 5.09. The van der Waals surface area contributed by atoms with Crippen LogP contribution in [-0.4, -0.2) is 19.7 Å². The number of nitrogens with zero attached hydrogens (tertiary/aromatic N) is 4. The molecular formula is C10H11ClN4O2. The second-order valence-electron chi connectivity index (χ2n) is 3.51. The first kappa shape index (κ1) is 11.8. The summed E-state index contributed by atoms with van der Waals surface area (Å²) in [6.07, 6.45) is 4.68. The van der Waals surface area contributed by atoms with Crippen LogP contribution in [0.5, 0.6) is 0 Å². The van der Waals surface area contributed by atoms with Gasteiger partial charge >= 0.3 is 0 Å². The van der Waals surface area contributed by atoms with Gasteiger partial charge in [-0.3, -0.25) is 4.79 Å². The molecule has 2 aromatic heterocycles. The standard InChI is InChI=1S/C10H11ClN4O2/c1-2-3-7-13-8(17-14-7)6-15-5-4-12-9(11)10(15)16/h4-5H,2-3,6H2,1H3. The van der Waals surface area contributed by atoms with Crippen LogP contribution in [0.2, 0.25) is 5.15 Å². The molecule has 90 valence electrons. The van der Waals surface area contributed by atoms with Crippen molar-refractivity contribution < 1.29 is 4.52 Å². The molecule has 17 heavy (non-hydrogen) atoms. The molecule has 6 nitrogen and oxygen atoms in total. The number of rotatable bonds is 4. The van der Waals surface area contributed by atoms with Gasteiger partial charge in [-0.1, -0.05) is 23.7 Å². The van der Waals surface area contributed by atoms with Gasteiger partial charge in [-0.25, -0.2) is 4.98 Å². The Bertz CT molecular complexity index is 563.